The molecule has 0 radical (unpaired) electrons. The second-order valence-electron chi connectivity index (χ2n) is 7.26. The molecule has 1 fully saturated rings. The van der Waals surface area contributed by atoms with E-state index in [1.165, 1.54) is 12.0 Å². The van der Waals surface area contributed by atoms with Crippen molar-refractivity contribution in [3.63, 3.8) is 0 Å². The Labute approximate surface area is 129 Å². The normalized spacial score (nSPS) is 22.5. The van der Waals surface area contributed by atoms with Crippen LogP contribution >= 0.6 is 0 Å². The molecule has 1 heterocycles. The Morgan fingerprint density at radius 1 is 1.33 bits per heavy atom. The lowest BCUT2D eigenvalue weighted by atomic mass is 9.93. The van der Waals surface area contributed by atoms with Crippen molar-refractivity contribution < 1.29 is 4.74 Å². The largest absolute Gasteiger partial charge is 0.496 e. The van der Waals surface area contributed by atoms with Crippen LogP contribution in [0.1, 0.15) is 39.7 Å². The van der Waals surface area contributed by atoms with Gasteiger partial charge in [0.25, 0.3) is 0 Å². The number of hydrogen-bond donors (Lipinski definition) is 1. The summed E-state index contributed by atoms with van der Waals surface area (Å²) in [5, 5.41) is 3.69. The third-order valence-corrected chi connectivity index (χ3v) is 4.24. The SMILES string of the molecule is COc1ccccc1CN1CC(C)(C)NCC1CC(C)C. The van der Waals surface area contributed by atoms with Crippen LogP contribution in [0.3, 0.4) is 0 Å². The second kappa shape index (κ2) is 6.80. The summed E-state index contributed by atoms with van der Waals surface area (Å²) < 4.78 is 5.51. The van der Waals surface area contributed by atoms with Crippen molar-refractivity contribution in [2.45, 2.75) is 52.2 Å². The minimum Gasteiger partial charge on any atom is -0.496 e. The Hall–Kier alpha value is -1.06. The Balaban J connectivity index is 2.15. The fraction of sp³-hybridized carbons (Fsp3) is 0.667. The molecule has 1 N–H and O–H groups in total. The zero-order valence-corrected chi connectivity index (χ0v) is 14.1. The highest BCUT2D eigenvalue weighted by Crippen LogP contribution is 2.25. The van der Waals surface area contributed by atoms with Gasteiger partial charge in [-0.3, -0.25) is 4.90 Å². The number of nitrogens with zero attached hydrogens (tertiary/aromatic N) is 1. The number of rotatable bonds is 5. The van der Waals surface area contributed by atoms with E-state index >= 15 is 0 Å². The number of nitrogens with one attached hydrogen (secondary N) is 1. The molecule has 1 aliphatic heterocycles. The molecule has 0 aromatic heterocycles. The lowest BCUT2D eigenvalue weighted by Crippen LogP contribution is -2.61. The Morgan fingerprint density at radius 3 is 2.71 bits per heavy atom. The summed E-state index contributed by atoms with van der Waals surface area (Å²) in [5.74, 6) is 1.72. The number of ether oxygens (including phenoxy) is 1. The number of methoxy groups -OCH3 is 1. The highest BCUT2D eigenvalue weighted by atomic mass is 16.5. The van der Waals surface area contributed by atoms with Crippen LogP contribution in [0, 0.1) is 5.92 Å². The van der Waals surface area contributed by atoms with Gasteiger partial charge >= 0.3 is 0 Å². The quantitative estimate of drug-likeness (QED) is 0.900. The molecule has 0 aliphatic carbocycles. The van der Waals surface area contributed by atoms with Crippen LogP contribution in [-0.4, -0.2) is 36.7 Å². The molecule has 1 aliphatic rings. The molecule has 1 unspecified atom stereocenters. The van der Waals surface area contributed by atoms with Crippen molar-refractivity contribution in [3.05, 3.63) is 29.8 Å². The van der Waals surface area contributed by atoms with Crippen molar-refractivity contribution in [2.75, 3.05) is 20.2 Å². The summed E-state index contributed by atoms with van der Waals surface area (Å²) in [4.78, 5) is 2.62. The summed E-state index contributed by atoms with van der Waals surface area (Å²) in [6, 6.07) is 8.97. The molecule has 3 heteroatoms. The molecule has 21 heavy (non-hydrogen) atoms. The van der Waals surface area contributed by atoms with E-state index in [0.29, 0.717) is 6.04 Å². The van der Waals surface area contributed by atoms with Gasteiger partial charge in [0.15, 0.2) is 0 Å². The Bertz CT molecular complexity index is 456. The highest BCUT2D eigenvalue weighted by molar-refractivity contribution is 5.33. The van der Waals surface area contributed by atoms with Crippen molar-refractivity contribution in [3.8, 4) is 5.75 Å². The zero-order valence-electron chi connectivity index (χ0n) is 14.1. The number of piperazine rings is 1. The van der Waals surface area contributed by atoms with E-state index in [1.807, 2.05) is 6.07 Å². The molecule has 118 valence electrons. The predicted molar refractivity (Wildman–Crippen MR) is 88.7 cm³/mol. The first kappa shape index (κ1) is 16.3. The summed E-state index contributed by atoms with van der Waals surface area (Å²) >= 11 is 0. The van der Waals surface area contributed by atoms with Crippen LogP contribution < -0.4 is 10.1 Å². The van der Waals surface area contributed by atoms with Crippen LogP contribution in [0.25, 0.3) is 0 Å². The van der Waals surface area contributed by atoms with Gasteiger partial charge in [0.1, 0.15) is 5.75 Å². The van der Waals surface area contributed by atoms with Gasteiger partial charge < -0.3 is 10.1 Å². The fourth-order valence-corrected chi connectivity index (χ4v) is 3.23. The van der Waals surface area contributed by atoms with Gasteiger partial charge in [0, 0.05) is 36.8 Å². The maximum atomic E-state index is 5.51. The van der Waals surface area contributed by atoms with E-state index in [0.717, 1.165) is 31.3 Å². The van der Waals surface area contributed by atoms with Gasteiger partial charge in [-0.15, -0.1) is 0 Å². The molecule has 1 aromatic rings. The second-order valence-corrected chi connectivity index (χ2v) is 7.26. The monoisotopic (exact) mass is 290 g/mol. The van der Waals surface area contributed by atoms with E-state index in [2.05, 4.69) is 56.1 Å². The van der Waals surface area contributed by atoms with Crippen LogP contribution in [-0.2, 0) is 6.54 Å². The number of benzene rings is 1. The van der Waals surface area contributed by atoms with Gasteiger partial charge in [0.05, 0.1) is 7.11 Å². The molecular formula is C18H30N2O. The fourth-order valence-electron chi connectivity index (χ4n) is 3.23. The maximum Gasteiger partial charge on any atom is 0.123 e. The number of para-hydroxylation sites is 1. The molecule has 2 rings (SSSR count). The lowest BCUT2D eigenvalue weighted by Gasteiger charge is -2.45. The molecule has 3 nitrogen and oxygen atoms in total. The van der Waals surface area contributed by atoms with Crippen LogP contribution in [0.5, 0.6) is 5.75 Å². The third-order valence-electron chi connectivity index (χ3n) is 4.24. The first-order valence-corrected chi connectivity index (χ1v) is 8.02. The minimum atomic E-state index is 0.176. The molecule has 1 atom stereocenters. The maximum absolute atomic E-state index is 5.51. The summed E-state index contributed by atoms with van der Waals surface area (Å²) in [7, 11) is 1.76. The van der Waals surface area contributed by atoms with Crippen LogP contribution in [0.15, 0.2) is 24.3 Å². The summed E-state index contributed by atoms with van der Waals surface area (Å²) in [6.45, 7) is 12.3. The molecule has 1 aromatic carbocycles. The van der Waals surface area contributed by atoms with Gasteiger partial charge in [0.2, 0.25) is 0 Å². The van der Waals surface area contributed by atoms with Crippen molar-refractivity contribution in [1.29, 1.82) is 0 Å². The van der Waals surface area contributed by atoms with Crippen molar-refractivity contribution in [2.24, 2.45) is 5.92 Å². The first-order chi connectivity index (χ1) is 9.91. The molecule has 0 bridgehead atoms. The molecular weight excluding hydrogens is 260 g/mol. The van der Waals surface area contributed by atoms with E-state index in [9.17, 15) is 0 Å². The summed E-state index contributed by atoms with van der Waals surface area (Å²) in [6.07, 6.45) is 1.23. The van der Waals surface area contributed by atoms with E-state index in [1.54, 1.807) is 7.11 Å². The standard InChI is InChI=1S/C18H30N2O/c1-14(2)10-16-11-19-18(3,4)13-20(16)12-15-8-6-7-9-17(15)21-5/h6-9,14,16,19H,10-13H2,1-5H3. The smallest absolute Gasteiger partial charge is 0.123 e. The zero-order chi connectivity index (χ0) is 15.5. The Morgan fingerprint density at radius 2 is 2.05 bits per heavy atom. The molecule has 1 saturated heterocycles. The highest BCUT2D eigenvalue weighted by Gasteiger charge is 2.32. The molecule has 0 spiro atoms. The van der Waals surface area contributed by atoms with E-state index in [4.69, 9.17) is 4.74 Å². The average molecular weight is 290 g/mol. The predicted octanol–water partition coefficient (Wildman–Crippen LogP) is 3.29. The third kappa shape index (κ3) is 4.45. The number of hydrogen-bond acceptors (Lipinski definition) is 3. The van der Waals surface area contributed by atoms with Gasteiger partial charge in [-0.25, -0.2) is 0 Å². The molecule has 0 saturated carbocycles. The van der Waals surface area contributed by atoms with Gasteiger partial charge in [-0.2, -0.15) is 0 Å². The topological polar surface area (TPSA) is 24.5 Å². The van der Waals surface area contributed by atoms with Crippen LogP contribution in [0.4, 0.5) is 0 Å². The van der Waals surface area contributed by atoms with E-state index < -0.39 is 0 Å². The van der Waals surface area contributed by atoms with E-state index in [-0.39, 0.29) is 5.54 Å². The summed E-state index contributed by atoms with van der Waals surface area (Å²) in [5.41, 5.74) is 1.46. The Kier molecular flexibility index (Phi) is 5.28. The minimum absolute atomic E-state index is 0.176. The average Bonchev–Trinajstić information content (AvgIpc) is 2.42. The van der Waals surface area contributed by atoms with Crippen molar-refractivity contribution >= 4 is 0 Å². The van der Waals surface area contributed by atoms with Gasteiger partial charge in [-0.1, -0.05) is 32.0 Å². The van der Waals surface area contributed by atoms with Crippen molar-refractivity contribution in [1.82, 2.24) is 10.2 Å². The van der Waals surface area contributed by atoms with Crippen LogP contribution in [0.2, 0.25) is 0 Å². The van der Waals surface area contributed by atoms with Gasteiger partial charge in [-0.05, 0) is 32.3 Å². The lowest BCUT2D eigenvalue weighted by molar-refractivity contribution is 0.0753. The molecule has 0 amide bonds. The first-order valence-electron chi connectivity index (χ1n) is 8.02.